The van der Waals surface area contributed by atoms with Gasteiger partial charge in [-0.1, -0.05) is 25.2 Å². The van der Waals surface area contributed by atoms with Crippen molar-refractivity contribution in [1.29, 1.82) is 0 Å². The number of ether oxygens (including phenoxy) is 3. The predicted molar refractivity (Wildman–Crippen MR) is 268 cm³/mol. The molecule has 0 radical (unpaired) electrons. The number of carbonyl (C=O) groups is 5. The average Bonchev–Trinajstić information content (AvgIpc) is 4.07. The number of amides is 5. The highest BCUT2D eigenvalue weighted by Gasteiger charge is 2.24. The quantitative estimate of drug-likeness (QED) is 0.0386. The maximum atomic E-state index is 13.9. The van der Waals surface area contributed by atoms with Crippen molar-refractivity contribution in [3.8, 4) is 11.5 Å². The zero-order valence-corrected chi connectivity index (χ0v) is 40.9. The van der Waals surface area contributed by atoms with Gasteiger partial charge in [0.1, 0.15) is 45.3 Å². The van der Waals surface area contributed by atoms with E-state index in [1.165, 1.54) is 55.0 Å². The molecule has 0 saturated heterocycles. The molecular weight excluding hydrogens is 921 g/mol. The third-order valence-corrected chi connectivity index (χ3v) is 11.0. The number of aliphatic imine (C=N–C) groups is 1. The number of nitrogens with one attached hydrogen (secondary N) is 3. The van der Waals surface area contributed by atoms with Crippen molar-refractivity contribution in [2.75, 3.05) is 36.2 Å². The molecule has 0 bridgehead atoms. The Kier molecular flexibility index (Phi) is 16.2. The second-order valence-corrected chi connectivity index (χ2v) is 17.8. The van der Waals surface area contributed by atoms with E-state index in [0.717, 1.165) is 5.01 Å². The van der Waals surface area contributed by atoms with Crippen molar-refractivity contribution in [2.24, 2.45) is 22.2 Å². The first kappa shape index (κ1) is 51.1. The van der Waals surface area contributed by atoms with Gasteiger partial charge in [0, 0.05) is 42.7 Å². The van der Waals surface area contributed by atoms with E-state index in [2.05, 4.69) is 36.0 Å². The summed E-state index contributed by atoms with van der Waals surface area (Å²) in [5.74, 6) is -1.65. The van der Waals surface area contributed by atoms with Crippen molar-refractivity contribution >= 4 is 86.4 Å². The summed E-state index contributed by atoms with van der Waals surface area (Å²) >= 11 is 1.26. The summed E-state index contributed by atoms with van der Waals surface area (Å²) in [6.45, 7) is 13.3. The lowest BCUT2D eigenvalue weighted by atomic mass is 10.1. The third-order valence-electron chi connectivity index (χ3n) is 9.94. The molecule has 0 unspecified atom stereocenters. The van der Waals surface area contributed by atoms with Crippen molar-refractivity contribution in [1.82, 2.24) is 33.9 Å². The summed E-state index contributed by atoms with van der Waals surface area (Å²) in [5.41, 5.74) is 20.0. The van der Waals surface area contributed by atoms with Crippen LogP contribution in [0.25, 0.3) is 22.1 Å². The molecule has 5 amide bonds. The van der Waals surface area contributed by atoms with Crippen molar-refractivity contribution in [3.63, 3.8) is 0 Å². The smallest absolute Gasteiger partial charge is 0.412 e. The number of anilines is 3. The molecule has 0 spiro atoms. The van der Waals surface area contributed by atoms with E-state index < -0.39 is 35.3 Å². The molecule has 0 atom stereocenters. The predicted octanol–water partition coefficient (Wildman–Crippen LogP) is 5.87. The summed E-state index contributed by atoms with van der Waals surface area (Å²) < 4.78 is 22.3. The van der Waals surface area contributed by atoms with E-state index >= 15 is 0 Å². The number of methoxy groups -OCH3 is 1. The number of aromatic nitrogens is 7. The molecule has 368 valence electrons. The lowest BCUT2D eigenvalue weighted by molar-refractivity contribution is -0.110. The Morgan fingerprint density at radius 2 is 1.41 bits per heavy atom. The van der Waals surface area contributed by atoms with Crippen LogP contribution in [0.3, 0.4) is 0 Å². The molecule has 0 aliphatic rings. The van der Waals surface area contributed by atoms with Crippen LogP contribution in [0.1, 0.15) is 82.6 Å². The van der Waals surface area contributed by atoms with E-state index in [9.17, 15) is 24.0 Å². The van der Waals surface area contributed by atoms with Crippen LogP contribution >= 0.6 is 11.3 Å². The van der Waals surface area contributed by atoms with Crippen LogP contribution < -0.4 is 42.6 Å². The molecule has 2 aromatic carbocycles. The Balaban J connectivity index is 1.35. The Morgan fingerprint density at radius 1 is 0.814 bits per heavy atom. The summed E-state index contributed by atoms with van der Waals surface area (Å²) in [6.07, 6.45) is 11.7. The van der Waals surface area contributed by atoms with Gasteiger partial charge in [-0.3, -0.25) is 44.8 Å². The van der Waals surface area contributed by atoms with Crippen LogP contribution in [0.2, 0.25) is 0 Å². The van der Waals surface area contributed by atoms with E-state index in [1.54, 1.807) is 78.9 Å². The number of primary amides is 2. The lowest BCUT2D eigenvalue weighted by Gasteiger charge is -2.19. The minimum Gasteiger partial charge on any atom is -0.494 e. The summed E-state index contributed by atoms with van der Waals surface area (Å²) in [5, 5.41) is 13.4. The Hall–Kier alpha value is -8.34. The minimum atomic E-state index is -0.722. The zero-order chi connectivity index (χ0) is 50.9. The molecule has 9 N–H and O–H groups in total. The molecule has 4 heterocycles. The van der Waals surface area contributed by atoms with E-state index in [4.69, 9.17) is 36.4 Å². The van der Waals surface area contributed by atoms with E-state index in [-0.39, 0.29) is 59.9 Å². The Labute approximate surface area is 406 Å². The first-order valence-electron chi connectivity index (χ1n) is 22.0. The number of benzene rings is 2. The summed E-state index contributed by atoms with van der Waals surface area (Å²) in [6, 6.07) is 6.01. The SMILES string of the molecule is CCN=C(/C=C(/C)N)C(=O)Nc1nc2cc(C(N)=O)cc(OC)c2n1C/C=C/Cn1c(NC(=O)c2sc(C)nc2CC)nc2cc(C(N)=O)cc(OC/C=C/Cn3cc(NC(=O)OC(C)(C)C)cn3)c21. The van der Waals surface area contributed by atoms with Gasteiger partial charge >= 0.3 is 6.09 Å². The molecule has 0 aliphatic carbocycles. The molecule has 0 aliphatic heterocycles. The largest absolute Gasteiger partial charge is 0.494 e. The van der Waals surface area contributed by atoms with Crippen molar-refractivity contribution in [3.05, 3.63) is 99.4 Å². The van der Waals surface area contributed by atoms with Gasteiger partial charge in [-0.2, -0.15) is 5.10 Å². The number of aryl methyl sites for hydroxylation is 2. The van der Waals surface area contributed by atoms with Gasteiger partial charge in [0.2, 0.25) is 23.7 Å². The number of nitrogens with two attached hydrogens (primary N) is 3. The molecule has 4 aromatic heterocycles. The van der Waals surface area contributed by atoms with Crippen LogP contribution in [-0.4, -0.2) is 95.2 Å². The van der Waals surface area contributed by atoms with E-state index in [0.29, 0.717) is 63.5 Å². The number of thiazole rings is 1. The number of hydrogen-bond acceptors (Lipinski definition) is 15. The summed E-state index contributed by atoms with van der Waals surface area (Å²) in [7, 11) is 1.44. The van der Waals surface area contributed by atoms with Gasteiger partial charge in [-0.25, -0.2) is 19.7 Å². The highest BCUT2D eigenvalue weighted by Crippen LogP contribution is 2.33. The lowest BCUT2D eigenvalue weighted by Crippen LogP contribution is -2.27. The molecule has 6 rings (SSSR count). The van der Waals surface area contributed by atoms with Crippen LogP contribution in [-0.2, 0) is 35.6 Å². The number of fused-ring (bicyclic) bond motifs is 2. The number of rotatable bonds is 20. The van der Waals surface area contributed by atoms with Crippen LogP contribution in [0, 0.1) is 6.92 Å². The number of allylic oxidation sites excluding steroid dienone is 4. The molecule has 6 aromatic rings. The fraction of sp³-hybridized carbons (Fsp3) is 0.319. The monoisotopic (exact) mass is 976 g/mol. The van der Waals surface area contributed by atoms with Crippen LogP contribution in [0.4, 0.5) is 22.4 Å². The van der Waals surface area contributed by atoms with Crippen LogP contribution in [0.5, 0.6) is 11.5 Å². The molecule has 70 heavy (non-hydrogen) atoms. The van der Waals surface area contributed by atoms with Gasteiger partial charge in [0.05, 0.1) is 47.3 Å². The second kappa shape index (κ2) is 22.2. The first-order valence-corrected chi connectivity index (χ1v) is 22.8. The van der Waals surface area contributed by atoms with Gasteiger partial charge in [0.25, 0.3) is 11.8 Å². The minimum absolute atomic E-state index is 0.0388. The molecule has 23 heteroatoms. The average molecular weight is 977 g/mol. The van der Waals surface area contributed by atoms with Crippen LogP contribution in [0.15, 0.2) is 77.7 Å². The van der Waals surface area contributed by atoms with E-state index in [1.807, 2.05) is 13.8 Å². The Morgan fingerprint density at radius 3 is 1.99 bits per heavy atom. The second-order valence-electron chi connectivity index (χ2n) is 16.6. The number of imidazole rings is 2. The molecular formula is C47H56N14O8S. The molecule has 22 nitrogen and oxygen atoms in total. The van der Waals surface area contributed by atoms with Crippen molar-refractivity contribution in [2.45, 2.75) is 80.1 Å². The molecule has 0 fully saturated rings. The standard InChI is InChI=1S/C47H56N14O8S/c1-9-31-39(70-27(4)53-31)43(65)58-45-56-33-21-29(41(50)63)23-36(68-18-14-13-15-59-25-30(24-52-59)54-46(66)69-47(5,6)7)38(33)61(45)17-12-11-16-60-37-32(20-28(40(49)62)22-35(37)67-8)55-44(60)57-42(64)34(51-10-2)19-26(3)48/h11-14,19-25H,9-10,15-18,48H2,1-8H3,(H2,49,62)(H2,50,63)(H,54,66)(H,55,57,64)(H,56,58,65)/b12-11+,14-13+,26-19-,51-34?. The van der Waals surface area contributed by atoms with Gasteiger partial charge in [-0.15, -0.1) is 11.3 Å². The van der Waals surface area contributed by atoms with Crippen molar-refractivity contribution < 1.29 is 38.2 Å². The first-order chi connectivity index (χ1) is 33.3. The number of carbonyl (C=O) groups excluding carboxylic acids is 5. The Bertz CT molecular complexity index is 3090. The number of nitrogens with zero attached hydrogens (tertiary/aromatic N) is 8. The zero-order valence-electron chi connectivity index (χ0n) is 40.1. The molecule has 0 saturated carbocycles. The normalized spacial score (nSPS) is 12.3. The maximum absolute atomic E-state index is 13.9. The summed E-state index contributed by atoms with van der Waals surface area (Å²) in [4.78, 5) is 83.3. The van der Waals surface area contributed by atoms with Gasteiger partial charge in [0.15, 0.2) is 0 Å². The fourth-order valence-corrected chi connectivity index (χ4v) is 7.94. The number of hydrogen-bond donors (Lipinski definition) is 6. The maximum Gasteiger partial charge on any atom is 0.412 e. The fourth-order valence-electron chi connectivity index (χ4n) is 7.03. The highest BCUT2D eigenvalue weighted by molar-refractivity contribution is 7.13. The topological polar surface area (TPSA) is 306 Å². The third kappa shape index (κ3) is 12.6. The highest BCUT2D eigenvalue weighted by atomic mass is 32.1. The van der Waals surface area contributed by atoms with Gasteiger partial charge in [-0.05, 0) is 84.4 Å². The van der Waals surface area contributed by atoms with Gasteiger partial charge < -0.3 is 40.5 Å².